The number of hydrogen-bond acceptors (Lipinski definition) is 5. The molecule has 0 saturated carbocycles. The highest BCUT2D eigenvalue weighted by Gasteiger charge is 2.20. The van der Waals surface area contributed by atoms with Crippen LogP contribution in [-0.2, 0) is 22.6 Å². The maximum absolute atomic E-state index is 9.55. The molecule has 0 spiro atoms. The molecule has 2 aromatic carbocycles. The third-order valence-corrected chi connectivity index (χ3v) is 5.81. The fourth-order valence-electron chi connectivity index (χ4n) is 4.04. The summed E-state index contributed by atoms with van der Waals surface area (Å²) in [6.07, 6.45) is 5.95. The number of carbonyl (C=O) groups is 2. The van der Waals surface area contributed by atoms with Crippen molar-refractivity contribution in [2.75, 3.05) is 13.1 Å². The Bertz CT molecular complexity index is 1070. The van der Waals surface area contributed by atoms with Crippen molar-refractivity contribution in [1.29, 1.82) is 0 Å². The number of fused-ring (bicyclic) bond motifs is 1. The van der Waals surface area contributed by atoms with Crippen molar-refractivity contribution in [3.63, 3.8) is 0 Å². The molecule has 1 fully saturated rings. The molecule has 0 unspecified atom stereocenters. The maximum atomic E-state index is 9.55. The van der Waals surface area contributed by atoms with E-state index in [0.29, 0.717) is 12.2 Å². The van der Waals surface area contributed by atoms with Gasteiger partial charge in [-0.15, -0.1) is 0 Å². The van der Waals surface area contributed by atoms with E-state index in [0.717, 1.165) is 30.2 Å². The normalized spacial score (nSPS) is 14.8. The van der Waals surface area contributed by atoms with E-state index in [4.69, 9.17) is 14.7 Å². The highest BCUT2D eigenvalue weighted by atomic mass is 16.5. The van der Waals surface area contributed by atoms with E-state index in [2.05, 4.69) is 59.4 Å². The van der Waals surface area contributed by atoms with Gasteiger partial charge in [0.05, 0.1) is 5.69 Å². The molecule has 1 aliphatic rings. The molecule has 3 aromatic rings. The molecule has 7 nitrogen and oxygen atoms in total. The number of aliphatic carboxylic acids is 2. The molecule has 1 saturated heterocycles. The second-order valence-corrected chi connectivity index (χ2v) is 8.38. The topological polar surface area (TPSA) is 104 Å². The summed E-state index contributed by atoms with van der Waals surface area (Å²) < 4.78 is 5.47. The van der Waals surface area contributed by atoms with Crippen molar-refractivity contribution in [3.05, 3.63) is 77.5 Å². The monoisotopic (exact) mass is 450 g/mol. The predicted molar refractivity (Wildman–Crippen MR) is 126 cm³/mol. The lowest BCUT2D eigenvalue weighted by Crippen LogP contribution is -2.33. The molecule has 2 N–H and O–H groups in total. The Morgan fingerprint density at radius 3 is 2.36 bits per heavy atom. The van der Waals surface area contributed by atoms with E-state index < -0.39 is 11.9 Å². The zero-order valence-electron chi connectivity index (χ0n) is 18.8. The molecule has 0 atom stereocenters. The van der Waals surface area contributed by atoms with E-state index in [9.17, 15) is 9.59 Å². The largest absolute Gasteiger partial charge is 0.478 e. The zero-order chi connectivity index (χ0) is 23.6. The summed E-state index contributed by atoms with van der Waals surface area (Å²) in [7, 11) is 0. The van der Waals surface area contributed by atoms with Gasteiger partial charge in [-0.2, -0.15) is 0 Å². The molecule has 0 aliphatic carbocycles. The van der Waals surface area contributed by atoms with Gasteiger partial charge >= 0.3 is 11.9 Å². The fraction of sp³-hybridized carbons (Fsp3) is 0.346. The first kappa shape index (κ1) is 24.2. The number of likely N-dealkylation sites (tertiary alicyclic amines) is 1. The number of piperidine rings is 1. The number of aryl methyl sites for hydroxylation is 2. The van der Waals surface area contributed by atoms with Crippen LogP contribution in [0.5, 0.6) is 0 Å². The lowest BCUT2D eigenvalue weighted by atomic mass is 9.91. The van der Waals surface area contributed by atoms with Gasteiger partial charge in [-0.1, -0.05) is 47.1 Å². The average molecular weight is 451 g/mol. The molecular weight excluding hydrogens is 420 g/mol. The smallest absolute Gasteiger partial charge is 0.328 e. The molecule has 1 aromatic heterocycles. The average Bonchev–Trinajstić information content (AvgIpc) is 3.20. The van der Waals surface area contributed by atoms with Crippen LogP contribution in [0.1, 0.15) is 36.1 Å². The van der Waals surface area contributed by atoms with E-state index in [1.165, 1.54) is 48.9 Å². The zero-order valence-corrected chi connectivity index (χ0v) is 18.8. The SMILES string of the molecule is Cc1ccc2onc(CCC3CCN(Cc4ccccc4)CC3)c2c1.O=C(O)C=CC(=O)O. The molecule has 33 heavy (non-hydrogen) atoms. The van der Waals surface area contributed by atoms with Crippen molar-refractivity contribution in [3.8, 4) is 0 Å². The summed E-state index contributed by atoms with van der Waals surface area (Å²) in [5.74, 6) is -1.71. The number of hydrogen-bond donors (Lipinski definition) is 2. The van der Waals surface area contributed by atoms with Crippen molar-refractivity contribution >= 4 is 22.9 Å². The van der Waals surface area contributed by atoms with Gasteiger partial charge in [-0.3, -0.25) is 4.90 Å². The van der Waals surface area contributed by atoms with Crippen LogP contribution in [0.25, 0.3) is 11.0 Å². The lowest BCUT2D eigenvalue weighted by Gasteiger charge is -2.31. The van der Waals surface area contributed by atoms with E-state index in [1.807, 2.05) is 6.07 Å². The Morgan fingerprint density at radius 1 is 1.06 bits per heavy atom. The van der Waals surface area contributed by atoms with E-state index in [1.54, 1.807) is 0 Å². The van der Waals surface area contributed by atoms with Gasteiger partial charge in [-0.25, -0.2) is 9.59 Å². The maximum Gasteiger partial charge on any atom is 0.328 e. The Kier molecular flexibility index (Phi) is 8.78. The number of rotatable bonds is 7. The highest BCUT2D eigenvalue weighted by Crippen LogP contribution is 2.26. The Hall–Kier alpha value is -3.45. The summed E-state index contributed by atoms with van der Waals surface area (Å²) in [6.45, 7) is 5.62. The second kappa shape index (κ2) is 12.0. The molecule has 174 valence electrons. The van der Waals surface area contributed by atoms with Gasteiger partial charge in [-0.05, 0) is 69.3 Å². The molecule has 0 radical (unpaired) electrons. The summed E-state index contributed by atoms with van der Waals surface area (Å²) in [5, 5.41) is 21.1. The van der Waals surface area contributed by atoms with Gasteiger partial charge in [0.25, 0.3) is 0 Å². The minimum atomic E-state index is -1.26. The van der Waals surface area contributed by atoms with E-state index >= 15 is 0 Å². The van der Waals surface area contributed by atoms with Gasteiger partial charge < -0.3 is 14.7 Å². The Morgan fingerprint density at radius 2 is 1.73 bits per heavy atom. The van der Waals surface area contributed by atoms with Crippen LogP contribution in [-0.4, -0.2) is 45.3 Å². The lowest BCUT2D eigenvalue weighted by molar-refractivity contribution is -0.134. The van der Waals surface area contributed by atoms with Crippen molar-refractivity contribution in [2.45, 2.75) is 39.2 Å². The first-order chi connectivity index (χ1) is 15.9. The third kappa shape index (κ3) is 7.88. The number of carboxylic acids is 2. The highest BCUT2D eigenvalue weighted by molar-refractivity contribution is 5.89. The number of nitrogens with zero attached hydrogens (tertiary/aromatic N) is 2. The summed E-state index contributed by atoms with van der Waals surface area (Å²) in [6, 6.07) is 17.1. The van der Waals surface area contributed by atoms with Gasteiger partial charge in [0.1, 0.15) is 0 Å². The molecule has 0 amide bonds. The Balaban J connectivity index is 0.000000331. The van der Waals surface area contributed by atoms with Crippen LogP contribution in [0.15, 0.2) is 65.2 Å². The van der Waals surface area contributed by atoms with E-state index in [-0.39, 0.29) is 0 Å². The first-order valence-corrected chi connectivity index (χ1v) is 11.2. The van der Waals surface area contributed by atoms with Crippen LogP contribution >= 0.6 is 0 Å². The van der Waals surface area contributed by atoms with Crippen LogP contribution in [0.2, 0.25) is 0 Å². The van der Waals surface area contributed by atoms with Gasteiger partial charge in [0, 0.05) is 24.1 Å². The molecule has 1 aliphatic heterocycles. The summed E-state index contributed by atoms with van der Waals surface area (Å²) in [5.41, 5.74) is 4.74. The van der Waals surface area contributed by atoms with Crippen molar-refractivity contribution < 1.29 is 24.3 Å². The van der Waals surface area contributed by atoms with Crippen LogP contribution in [0, 0.1) is 12.8 Å². The van der Waals surface area contributed by atoms with Crippen molar-refractivity contribution in [2.24, 2.45) is 5.92 Å². The van der Waals surface area contributed by atoms with Gasteiger partial charge in [0.15, 0.2) is 5.58 Å². The summed E-state index contributed by atoms with van der Waals surface area (Å²) >= 11 is 0. The fourth-order valence-corrected chi connectivity index (χ4v) is 4.04. The van der Waals surface area contributed by atoms with Crippen molar-refractivity contribution in [1.82, 2.24) is 10.1 Å². The minimum absolute atomic E-state index is 0.558. The first-order valence-electron chi connectivity index (χ1n) is 11.2. The quantitative estimate of drug-likeness (QED) is 0.503. The molecule has 4 rings (SSSR count). The molecule has 7 heteroatoms. The molecular formula is C26H30N2O5. The third-order valence-electron chi connectivity index (χ3n) is 5.81. The molecule has 0 bridgehead atoms. The number of aromatic nitrogens is 1. The number of carboxylic acid groups (broad SMARTS) is 2. The Labute approximate surface area is 193 Å². The van der Waals surface area contributed by atoms with Crippen LogP contribution < -0.4 is 0 Å². The van der Waals surface area contributed by atoms with Crippen LogP contribution in [0.4, 0.5) is 0 Å². The number of benzene rings is 2. The second-order valence-electron chi connectivity index (χ2n) is 8.38. The minimum Gasteiger partial charge on any atom is -0.478 e. The standard InChI is InChI=1S/C22H26N2O.C4H4O4/c1-17-7-10-22-20(15-17)21(23-25-22)9-8-18-11-13-24(14-12-18)16-19-5-3-2-4-6-19;5-3(6)1-2-4(7)8/h2-7,10,15,18H,8-9,11-14,16H2,1H3;1-2H,(H,5,6)(H,7,8). The van der Waals surface area contributed by atoms with Crippen LogP contribution in [0.3, 0.4) is 0 Å². The van der Waals surface area contributed by atoms with Gasteiger partial charge in [0.2, 0.25) is 0 Å². The predicted octanol–water partition coefficient (Wildman–Crippen LogP) is 4.69. The molecule has 2 heterocycles. The summed E-state index contributed by atoms with van der Waals surface area (Å²) in [4.78, 5) is 21.7.